The van der Waals surface area contributed by atoms with Crippen LogP contribution in [0.25, 0.3) is 0 Å². The molecule has 0 aromatic rings. The molecule has 0 aromatic heterocycles. The van der Waals surface area contributed by atoms with Gasteiger partial charge in [0.25, 0.3) is 0 Å². The van der Waals surface area contributed by atoms with Crippen LogP contribution in [0, 0.1) is 11.3 Å². The maximum Gasteiger partial charge on any atom is 0.302 e. The van der Waals surface area contributed by atoms with Gasteiger partial charge in [-0.3, -0.25) is 4.79 Å². The molecule has 1 aliphatic rings. The molecule has 0 fully saturated rings. The molecule has 1 rings (SSSR count). The van der Waals surface area contributed by atoms with E-state index in [1.54, 1.807) is 0 Å². The molecule has 0 heterocycles. The number of esters is 1. The summed E-state index contributed by atoms with van der Waals surface area (Å²) in [5.41, 5.74) is 1.28. The van der Waals surface area contributed by atoms with E-state index in [-0.39, 0.29) is 17.5 Å². The molecule has 0 spiro atoms. The third kappa shape index (κ3) is 2.80. The summed E-state index contributed by atoms with van der Waals surface area (Å²) in [5.74, 6) is 0.320. The number of carbonyl (C=O) groups excluding carboxylic acids is 1. The van der Waals surface area contributed by atoms with E-state index >= 15 is 0 Å². The fraction of sp³-hybridized carbons (Fsp3) is 0.667. The van der Waals surface area contributed by atoms with Crippen molar-refractivity contribution >= 4 is 5.97 Å². The highest BCUT2D eigenvalue weighted by molar-refractivity contribution is 5.66. The first-order chi connectivity index (χ1) is 7.92. The van der Waals surface area contributed by atoms with Crippen molar-refractivity contribution in [3.8, 4) is 0 Å². The molecule has 0 aromatic carbocycles. The topological polar surface area (TPSA) is 26.3 Å². The first-order valence-corrected chi connectivity index (χ1v) is 6.38. The van der Waals surface area contributed by atoms with Crippen LogP contribution in [0.3, 0.4) is 0 Å². The number of ether oxygens (including phenoxy) is 1. The van der Waals surface area contributed by atoms with Crippen LogP contribution in [0.2, 0.25) is 0 Å². The van der Waals surface area contributed by atoms with Gasteiger partial charge in [-0.25, -0.2) is 0 Å². The molecule has 2 nitrogen and oxygen atoms in total. The lowest BCUT2D eigenvalue weighted by molar-refractivity contribution is -0.153. The van der Waals surface area contributed by atoms with E-state index in [4.69, 9.17) is 4.74 Å². The largest absolute Gasteiger partial charge is 0.461 e. The van der Waals surface area contributed by atoms with Crippen LogP contribution in [0.1, 0.15) is 47.0 Å². The minimum absolute atomic E-state index is 0.0574. The predicted octanol–water partition coefficient (Wildman–Crippen LogP) is 3.88. The van der Waals surface area contributed by atoms with Crippen molar-refractivity contribution in [2.45, 2.75) is 53.1 Å². The van der Waals surface area contributed by atoms with E-state index in [0.29, 0.717) is 12.3 Å². The Bertz CT molecular complexity index is 330. The van der Waals surface area contributed by atoms with Crippen molar-refractivity contribution < 1.29 is 9.53 Å². The summed E-state index contributed by atoms with van der Waals surface area (Å²) in [6, 6.07) is 0. The highest BCUT2D eigenvalue weighted by Gasteiger charge is 2.43. The van der Waals surface area contributed by atoms with Gasteiger partial charge in [0.15, 0.2) is 0 Å². The van der Waals surface area contributed by atoms with Gasteiger partial charge in [0, 0.05) is 18.8 Å². The Hall–Kier alpha value is -1.05. The van der Waals surface area contributed by atoms with Crippen LogP contribution in [0.15, 0.2) is 24.3 Å². The lowest BCUT2D eigenvalue weighted by atomic mass is 9.63. The Kier molecular flexibility index (Phi) is 4.55. The van der Waals surface area contributed by atoms with Crippen LogP contribution < -0.4 is 0 Å². The molecule has 17 heavy (non-hydrogen) atoms. The average molecular weight is 236 g/mol. The maximum atomic E-state index is 11.3. The van der Waals surface area contributed by atoms with Gasteiger partial charge in [-0.15, -0.1) is 6.58 Å². The van der Waals surface area contributed by atoms with Crippen LogP contribution in [0.5, 0.6) is 0 Å². The minimum Gasteiger partial charge on any atom is -0.461 e. The van der Waals surface area contributed by atoms with Gasteiger partial charge in [-0.05, 0) is 25.7 Å². The molecule has 3 atom stereocenters. The zero-order valence-corrected chi connectivity index (χ0v) is 11.5. The molecule has 0 N–H and O–H groups in total. The Morgan fingerprint density at radius 2 is 2.41 bits per heavy atom. The Morgan fingerprint density at radius 3 is 2.88 bits per heavy atom. The molecular weight excluding hydrogens is 212 g/mol. The monoisotopic (exact) mass is 236 g/mol. The van der Waals surface area contributed by atoms with E-state index < -0.39 is 0 Å². The van der Waals surface area contributed by atoms with Crippen LogP contribution in [0.4, 0.5) is 0 Å². The number of carbonyl (C=O) groups is 1. The van der Waals surface area contributed by atoms with Crippen molar-refractivity contribution in [2.24, 2.45) is 11.3 Å². The second kappa shape index (κ2) is 5.52. The Labute approximate surface area is 105 Å². The summed E-state index contributed by atoms with van der Waals surface area (Å²) in [4.78, 5) is 11.3. The zero-order chi connectivity index (χ0) is 13.1. The number of hydrogen-bond acceptors (Lipinski definition) is 2. The van der Waals surface area contributed by atoms with Crippen LogP contribution in [-0.2, 0) is 9.53 Å². The second-order valence-electron chi connectivity index (χ2n) is 5.27. The highest BCUT2D eigenvalue weighted by Crippen LogP contribution is 2.46. The van der Waals surface area contributed by atoms with Gasteiger partial charge in [0.05, 0.1) is 0 Å². The fourth-order valence-corrected chi connectivity index (χ4v) is 2.80. The minimum atomic E-state index is -0.205. The quantitative estimate of drug-likeness (QED) is 0.547. The Morgan fingerprint density at radius 1 is 1.76 bits per heavy atom. The van der Waals surface area contributed by atoms with Gasteiger partial charge >= 0.3 is 5.97 Å². The smallest absolute Gasteiger partial charge is 0.302 e. The van der Waals surface area contributed by atoms with Crippen molar-refractivity contribution in [3.63, 3.8) is 0 Å². The number of rotatable bonds is 4. The molecule has 0 saturated heterocycles. The van der Waals surface area contributed by atoms with E-state index in [2.05, 4.69) is 33.4 Å². The normalized spacial score (nSPS) is 30.4. The second-order valence-corrected chi connectivity index (χ2v) is 5.27. The molecule has 0 aliphatic heterocycles. The summed E-state index contributed by atoms with van der Waals surface area (Å²) in [5, 5.41) is 0. The van der Waals surface area contributed by atoms with E-state index in [1.165, 1.54) is 12.5 Å². The molecule has 1 unspecified atom stereocenters. The van der Waals surface area contributed by atoms with Crippen molar-refractivity contribution in [1.29, 1.82) is 0 Å². The lowest BCUT2D eigenvalue weighted by Crippen LogP contribution is -2.43. The van der Waals surface area contributed by atoms with Crippen molar-refractivity contribution in [2.75, 3.05) is 0 Å². The van der Waals surface area contributed by atoms with Crippen LogP contribution >= 0.6 is 0 Å². The lowest BCUT2D eigenvalue weighted by Gasteiger charge is -2.44. The molecule has 2 heteroatoms. The third-order valence-electron chi connectivity index (χ3n) is 4.28. The number of allylic oxidation sites excluding steroid dienone is 1. The molecule has 1 aliphatic carbocycles. The summed E-state index contributed by atoms with van der Waals surface area (Å²) in [6.07, 6.45) is 7.02. The first-order valence-electron chi connectivity index (χ1n) is 6.38. The van der Waals surface area contributed by atoms with Crippen molar-refractivity contribution in [3.05, 3.63) is 24.3 Å². The summed E-state index contributed by atoms with van der Waals surface area (Å²) >= 11 is 0. The number of hydrogen-bond donors (Lipinski definition) is 0. The Balaban J connectivity index is 3.03. The molecule has 0 amide bonds. The SMILES string of the molecule is C=CCC(OC(C)=O)[C@]1(C)C(C)=CCC[C@H]1C. The van der Waals surface area contributed by atoms with Crippen molar-refractivity contribution in [1.82, 2.24) is 0 Å². The van der Waals surface area contributed by atoms with Gasteiger partial charge in [-0.1, -0.05) is 31.6 Å². The van der Waals surface area contributed by atoms with Crippen LogP contribution in [-0.4, -0.2) is 12.1 Å². The fourth-order valence-electron chi connectivity index (χ4n) is 2.80. The maximum absolute atomic E-state index is 11.3. The predicted molar refractivity (Wildman–Crippen MR) is 70.6 cm³/mol. The summed E-state index contributed by atoms with van der Waals surface area (Å²) in [6.45, 7) is 11.9. The zero-order valence-electron chi connectivity index (χ0n) is 11.5. The van der Waals surface area contributed by atoms with E-state index in [0.717, 1.165) is 12.8 Å². The average Bonchev–Trinajstić information content (AvgIpc) is 2.24. The van der Waals surface area contributed by atoms with Gasteiger partial charge in [0.2, 0.25) is 0 Å². The molecule has 0 bridgehead atoms. The summed E-state index contributed by atoms with van der Waals surface area (Å²) in [7, 11) is 0. The standard InChI is InChI=1S/C15H24O2/c1-6-8-14(17-13(4)16)15(5)11(2)9-7-10-12(15)3/h6,9,12,14H,1,7-8,10H2,2-5H3/t12-,14?,15-/m1/s1. The van der Waals surface area contributed by atoms with Gasteiger partial charge in [-0.2, -0.15) is 0 Å². The molecule has 96 valence electrons. The summed E-state index contributed by atoms with van der Waals surface area (Å²) < 4.78 is 5.52. The highest BCUT2D eigenvalue weighted by atomic mass is 16.5. The van der Waals surface area contributed by atoms with E-state index in [1.807, 2.05) is 6.08 Å². The molecule has 0 saturated carbocycles. The van der Waals surface area contributed by atoms with E-state index in [9.17, 15) is 4.79 Å². The third-order valence-corrected chi connectivity index (χ3v) is 4.28. The molecular formula is C15H24O2. The molecule has 0 radical (unpaired) electrons. The first kappa shape index (κ1) is 14.0. The van der Waals surface area contributed by atoms with Gasteiger partial charge in [0.1, 0.15) is 6.10 Å². The van der Waals surface area contributed by atoms with Gasteiger partial charge < -0.3 is 4.74 Å².